The summed E-state index contributed by atoms with van der Waals surface area (Å²) in [6, 6.07) is 11.1. The molecule has 25 heavy (non-hydrogen) atoms. The molecule has 2 heterocycles. The van der Waals surface area contributed by atoms with Crippen molar-refractivity contribution < 1.29 is 4.74 Å². The van der Waals surface area contributed by atoms with Crippen LogP contribution < -0.4 is 15.4 Å². The number of aromatic nitrogens is 3. The van der Waals surface area contributed by atoms with Gasteiger partial charge in [-0.25, -0.2) is 4.98 Å². The predicted octanol–water partition coefficient (Wildman–Crippen LogP) is 4.38. The van der Waals surface area contributed by atoms with E-state index in [2.05, 4.69) is 25.6 Å². The van der Waals surface area contributed by atoms with Gasteiger partial charge in [-0.1, -0.05) is 11.6 Å². The van der Waals surface area contributed by atoms with Gasteiger partial charge in [0.15, 0.2) is 0 Å². The summed E-state index contributed by atoms with van der Waals surface area (Å²) in [5.74, 6) is 1.84. The molecule has 2 aromatic heterocycles. The fourth-order valence-corrected chi connectivity index (χ4v) is 2.50. The number of ether oxygens (including phenoxy) is 1. The molecular formula is C18H18ClN5O. The number of hydrogen-bond donors (Lipinski definition) is 2. The predicted molar refractivity (Wildman–Crippen MR) is 101 cm³/mol. The van der Waals surface area contributed by atoms with Crippen LogP contribution in [-0.2, 0) is 0 Å². The number of nitrogens with one attached hydrogen (secondary N) is 2. The lowest BCUT2D eigenvalue weighted by Crippen LogP contribution is -2.06. The summed E-state index contributed by atoms with van der Waals surface area (Å²) >= 11 is 6.10. The van der Waals surface area contributed by atoms with Gasteiger partial charge in [0.1, 0.15) is 11.6 Å². The zero-order valence-electron chi connectivity index (χ0n) is 14.0. The van der Waals surface area contributed by atoms with Crippen LogP contribution in [0.1, 0.15) is 6.92 Å². The molecule has 0 aliphatic heterocycles. The topological polar surface area (TPSA) is 72.0 Å². The first-order valence-corrected chi connectivity index (χ1v) is 8.21. The summed E-state index contributed by atoms with van der Waals surface area (Å²) in [6.07, 6.45) is 3.49. The van der Waals surface area contributed by atoms with Crippen molar-refractivity contribution in [2.45, 2.75) is 6.92 Å². The third-order valence-corrected chi connectivity index (χ3v) is 3.68. The Morgan fingerprint density at radius 1 is 1.16 bits per heavy atom. The Kier molecular flexibility index (Phi) is 5.30. The second kappa shape index (κ2) is 7.81. The van der Waals surface area contributed by atoms with Crippen LogP contribution in [0.25, 0.3) is 11.3 Å². The summed E-state index contributed by atoms with van der Waals surface area (Å²) in [5, 5.41) is 7.00. The van der Waals surface area contributed by atoms with E-state index < -0.39 is 0 Å². The van der Waals surface area contributed by atoms with E-state index in [1.165, 1.54) is 0 Å². The number of hydrogen-bond acceptors (Lipinski definition) is 6. The Morgan fingerprint density at radius 2 is 2.04 bits per heavy atom. The zero-order valence-corrected chi connectivity index (χ0v) is 14.7. The third kappa shape index (κ3) is 4.16. The van der Waals surface area contributed by atoms with Crippen LogP contribution in [0.3, 0.4) is 0 Å². The zero-order chi connectivity index (χ0) is 17.6. The first kappa shape index (κ1) is 17.0. The number of anilines is 3. The summed E-state index contributed by atoms with van der Waals surface area (Å²) < 4.78 is 5.37. The van der Waals surface area contributed by atoms with Crippen molar-refractivity contribution in [3.63, 3.8) is 0 Å². The Balaban J connectivity index is 2.01. The van der Waals surface area contributed by atoms with Gasteiger partial charge in [-0.15, -0.1) is 0 Å². The molecule has 3 aromatic rings. The van der Waals surface area contributed by atoms with E-state index in [0.29, 0.717) is 22.5 Å². The quantitative estimate of drug-likeness (QED) is 0.683. The molecule has 0 saturated carbocycles. The molecule has 0 aliphatic rings. The summed E-state index contributed by atoms with van der Waals surface area (Å²) in [4.78, 5) is 13.2. The lowest BCUT2D eigenvalue weighted by Gasteiger charge is -2.13. The van der Waals surface area contributed by atoms with Crippen molar-refractivity contribution >= 4 is 29.1 Å². The normalized spacial score (nSPS) is 10.4. The first-order valence-electron chi connectivity index (χ1n) is 7.83. The van der Waals surface area contributed by atoms with Crippen molar-refractivity contribution in [3.05, 3.63) is 53.8 Å². The Bertz CT molecular complexity index is 857. The average Bonchev–Trinajstić information content (AvgIpc) is 2.63. The van der Waals surface area contributed by atoms with Crippen molar-refractivity contribution in [2.24, 2.45) is 0 Å². The summed E-state index contributed by atoms with van der Waals surface area (Å²) in [5.41, 5.74) is 2.40. The van der Waals surface area contributed by atoms with Crippen LogP contribution >= 0.6 is 11.6 Å². The minimum absolute atomic E-state index is 0.535. The van der Waals surface area contributed by atoms with E-state index >= 15 is 0 Å². The van der Waals surface area contributed by atoms with Crippen molar-refractivity contribution in [3.8, 4) is 17.0 Å². The highest BCUT2D eigenvalue weighted by atomic mass is 35.5. The van der Waals surface area contributed by atoms with E-state index in [0.717, 1.165) is 23.5 Å². The van der Waals surface area contributed by atoms with E-state index in [9.17, 15) is 0 Å². The highest BCUT2D eigenvalue weighted by Crippen LogP contribution is 2.31. The maximum absolute atomic E-state index is 6.10. The van der Waals surface area contributed by atoms with E-state index in [1.54, 1.807) is 37.7 Å². The van der Waals surface area contributed by atoms with Gasteiger partial charge in [-0.3, -0.25) is 4.98 Å². The molecule has 2 N–H and O–H groups in total. The number of halogens is 1. The smallest absolute Gasteiger partial charge is 0.225 e. The average molecular weight is 356 g/mol. The molecule has 0 spiro atoms. The monoisotopic (exact) mass is 355 g/mol. The number of benzene rings is 1. The van der Waals surface area contributed by atoms with Gasteiger partial charge >= 0.3 is 0 Å². The largest absolute Gasteiger partial charge is 0.495 e. The molecule has 0 amide bonds. The number of pyridine rings is 1. The molecule has 3 rings (SSSR count). The van der Waals surface area contributed by atoms with Gasteiger partial charge in [0.25, 0.3) is 0 Å². The van der Waals surface area contributed by atoms with Gasteiger partial charge in [-0.2, -0.15) is 4.98 Å². The fraction of sp³-hybridized carbons (Fsp3) is 0.167. The van der Waals surface area contributed by atoms with Crippen molar-refractivity contribution in [1.29, 1.82) is 0 Å². The highest BCUT2D eigenvalue weighted by molar-refractivity contribution is 6.31. The second-order valence-electron chi connectivity index (χ2n) is 5.20. The molecule has 0 aliphatic carbocycles. The van der Waals surface area contributed by atoms with Gasteiger partial charge in [-0.05, 0) is 37.3 Å². The van der Waals surface area contributed by atoms with Crippen LogP contribution in [0, 0.1) is 0 Å². The third-order valence-electron chi connectivity index (χ3n) is 3.44. The maximum atomic E-state index is 6.10. The SMILES string of the molecule is CCNc1nc(Nc2cc(Cl)ccc2OC)cc(-c2cccnc2)n1. The van der Waals surface area contributed by atoms with Gasteiger partial charge in [0.2, 0.25) is 5.95 Å². The molecule has 0 fully saturated rings. The van der Waals surface area contributed by atoms with E-state index in [1.807, 2.05) is 25.1 Å². The number of nitrogens with zero attached hydrogens (tertiary/aromatic N) is 3. The minimum atomic E-state index is 0.535. The second-order valence-corrected chi connectivity index (χ2v) is 5.64. The Hall–Kier alpha value is -2.86. The molecule has 0 bridgehead atoms. The lowest BCUT2D eigenvalue weighted by atomic mass is 10.2. The molecule has 0 saturated heterocycles. The molecule has 6 nitrogen and oxygen atoms in total. The molecule has 0 unspecified atom stereocenters. The van der Waals surface area contributed by atoms with E-state index in [4.69, 9.17) is 16.3 Å². The Labute approximate surface area is 151 Å². The van der Waals surface area contributed by atoms with E-state index in [-0.39, 0.29) is 0 Å². The van der Waals surface area contributed by atoms with Crippen LogP contribution in [-0.4, -0.2) is 28.6 Å². The van der Waals surface area contributed by atoms with Crippen molar-refractivity contribution in [2.75, 3.05) is 24.3 Å². The van der Waals surface area contributed by atoms with Crippen molar-refractivity contribution in [1.82, 2.24) is 15.0 Å². The van der Waals surface area contributed by atoms with Crippen LogP contribution in [0.15, 0.2) is 48.8 Å². The molecule has 0 atom stereocenters. The maximum Gasteiger partial charge on any atom is 0.225 e. The summed E-state index contributed by atoms with van der Waals surface area (Å²) in [7, 11) is 1.61. The van der Waals surface area contributed by atoms with Gasteiger partial charge in [0.05, 0.1) is 18.5 Å². The number of methoxy groups -OCH3 is 1. The highest BCUT2D eigenvalue weighted by Gasteiger charge is 2.10. The molecule has 7 heteroatoms. The van der Waals surface area contributed by atoms with Crippen LogP contribution in [0.4, 0.5) is 17.5 Å². The molecule has 1 aromatic carbocycles. The fourth-order valence-electron chi connectivity index (χ4n) is 2.33. The molecule has 0 radical (unpaired) electrons. The standard InChI is InChI=1S/C18H18ClN5O/c1-3-21-18-23-14(12-5-4-8-20-11-12)10-17(24-18)22-15-9-13(19)6-7-16(15)25-2/h4-11H,3H2,1-2H3,(H2,21,22,23,24). The lowest BCUT2D eigenvalue weighted by molar-refractivity contribution is 0.417. The van der Waals surface area contributed by atoms with Gasteiger partial charge < -0.3 is 15.4 Å². The first-order chi connectivity index (χ1) is 12.2. The Morgan fingerprint density at radius 3 is 2.76 bits per heavy atom. The minimum Gasteiger partial charge on any atom is -0.495 e. The molecule has 128 valence electrons. The number of rotatable bonds is 6. The molecular weight excluding hydrogens is 338 g/mol. The van der Waals surface area contributed by atoms with Crippen LogP contribution in [0.5, 0.6) is 5.75 Å². The van der Waals surface area contributed by atoms with Gasteiger partial charge in [0, 0.05) is 35.6 Å². The summed E-state index contributed by atoms with van der Waals surface area (Å²) in [6.45, 7) is 2.71. The van der Waals surface area contributed by atoms with Crippen LogP contribution in [0.2, 0.25) is 5.02 Å².